The van der Waals surface area contributed by atoms with Crippen molar-refractivity contribution < 1.29 is 61.5 Å². The molecular formula is C23H26Li2N4O5-4. The third kappa shape index (κ3) is 9.79. The third-order valence-corrected chi connectivity index (χ3v) is 4.34. The quantitative estimate of drug-likeness (QED) is 0.219. The van der Waals surface area contributed by atoms with Crippen LogP contribution in [0, 0.1) is 26.6 Å². The van der Waals surface area contributed by atoms with E-state index in [0.29, 0.717) is 56.5 Å². The first-order valence-corrected chi connectivity index (χ1v) is 9.89. The molecule has 2 fully saturated rings. The summed E-state index contributed by atoms with van der Waals surface area (Å²) in [7, 11) is 0. The summed E-state index contributed by atoms with van der Waals surface area (Å²) in [5.41, 5.74) is 0.469. The Kier molecular flexibility index (Phi) is 15.8. The molecule has 1 aromatic heterocycles. The first-order chi connectivity index (χ1) is 15.5. The van der Waals surface area contributed by atoms with Crippen LogP contribution in [0.1, 0.15) is 12.5 Å². The van der Waals surface area contributed by atoms with Crippen LogP contribution in [0.2, 0.25) is 0 Å². The van der Waals surface area contributed by atoms with Gasteiger partial charge >= 0.3 is 43.8 Å². The summed E-state index contributed by atoms with van der Waals surface area (Å²) in [5.74, 6) is 0.399. The minimum absolute atomic E-state index is 0. The molecule has 0 aliphatic carbocycles. The molecule has 2 saturated heterocycles. The molecule has 2 aliphatic heterocycles. The SMILES string of the molecule is [CH-]=C[C-]=N[C-]=C(C=[N-])c1cccnc1OC1COC1.[CH2-]CN(C[CH2-])C(=O)OC1(C)COC1.[Li+].[Li+]. The van der Waals surface area contributed by atoms with Gasteiger partial charge in [0.25, 0.3) is 0 Å². The van der Waals surface area contributed by atoms with E-state index in [9.17, 15) is 10.2 Å². The van der Waals surface area contributed by atoms with Crippen molar-refractivity contribution in [2.75, 3.05) is 39.5 Å². The van der Waals surface area contributed by atoms with Gasteiger partial charge in [0.2, 0.25) is 0 Å². The Balaban J connectivity index is 0.000000644. The maximum atomic E-state index is 11.4. The minimum atomic E-state index is -0.445. The Morgan fingerprint density at radius 1 is 1.38 bits per heavy atom. The molecule has 0 unspecified atom stereocenters. The van der Waals surface area contributed by atoms with Gasteiger partial charge in [-0.05, 0) is 6.92 Å². The van der Waals surface area contributed by atoms with Crippen molar-refractivity contribution in [2.45, 2.75) is 18.6 Å². The fourth-order valence-electron chi connectivity index (χ4n) is 2.44. The number of carbonyl (C=O) groups excluding carboxylic acids is 1. The molecule has 2 aliphatic rings. The zero-order valence-electron chi connectivity index (χ0n) is 20.0. The average Bonchev–Trinajstić information content (AvgIpc) is 2.74. The van der Waals surface area contributed by atoms with E-state index in [0.717, 1.165) is 12.3 Å². The van der Waals surface area contributed by atoms with Gasteiger partial charge < -0.3 is 67.0 Å². The van der Waals surface area contributed by atoms with Crippen LogP contribution in [0.25, 0.3) is 11.0 Å². The predicted molar refractivity (Wildman–Crippen MR) is 120 cm³/mol. The van der Waals surface area contributed by atoms with Crippen molar-refractivity contribution in [3.8, 4) is 5.88 Å². The molecule has 1 aromatic rings. The summed E-state index contributed by atoms with van der Waals surface area (Å²) in [6.45, 7) is 16.9. The number of ether oxygens (including phenoxy) is 4. The number of amides is 1. The second-order valence-corrected chi connectivity index (χ2v) is 6.99. The van der Waals surface area contributed by atoms with Gasteiger partial charge in [0.05, 0.1) is 26.4 Å². The van der Waals surface area contributed by atoms with Crippen LogP contribution in [-0.4, -0.2) is 79.6 Å². The van der Waals surface area contributed by atoms with E-state index in [1.807, 2.05) is 6.92 Å². The third-order valence-electron chi connectivity index (χ3n) is 4.34. The van der Waals surface area contributed by atoms with E-state index in [1.54, 1.807) is 18.3 Å². The van der Waals surface area contributed by atoms with Gasteiger partial charge in [-0.25, -0.2) is 9.78 Å². The van der Waals surface area contributed by atoms with Crippen LogP contribution >= 0.6 is 0 Å². The van der Waals surface area contributed by atoms with Crippen molar-refractivity contribution >= 4 is 24.1 Å². The predicted octanol–water partition coefficient (Wildman–Crippen LogP) is -3.53. The van der Waals surface area contributed by atoms with Gasteiger partial charge in [0, 0.05) is 6.20 Å². The van der Waals surface area contributed by atoms with E-state index >= 15 is 0 Å². The van der Waals surface area contributed by atoms with Crippen molar-refractivity contribution in [3.05, 3.63) is 62.0 Å². The first kappa shape index (κ1) is 32.2. The Morgan fingerprint density at radius 3 is 2.53 bits per heavy atom. The number of carbonyl (C=O) groups is 1. The van der Waals surface area contributed by atoms with Gasteiger partial charge in [0.15, 0.2) is 5.60 Å². The molecule has 34 heavy (non-hydrogen) atoms. The number of aromatic nitrogens is 1. The molecule has 9 nitrogen and oxygen atoms in total. The van der Waals surface area contributed by atoms with E-state index in [1.165, 1.54) is 4.90 Å². The number of allylic oxidation sites excluding steroid dienone is 2. The van der Waals surface area contributed by atoms with Gasteiger partial charge in [-0.15, -0.1) is 24.7 Å². The molecule has 0 N–H and O–H groups in total. The van der Waals surface area contributed by atoms with E-state index < -0.39 is 5.60 Å². The maximum absolute atomic E-state index is 11.4. The van der Waals surface area contributed by atoms with Crippen LogP contribution in [-0.2, 0) is 14.2 Å². The number of aliphatic imine (C=N–C) groups is 1. The zero-order valence-corrected chi connectivity index (χ0v) is 20.0. The number of rotatable bonds is 9. The van der Waals surface area contributed by atoms with Crippen LogP contribution in [0.5, 0.6) is 5.88 Å². The average molecular weight is 452 g/mol. The summed E-state index contributed by atoms with van der Waals surface area (Å²) in [5, 5.41) is 9.25. The standard InChI is InChI=1S/C14H11N3O2.C9H15NO3.2Li/c1-2-5-16-8-11(7-15)13-4-3-6-17-14(13)19-12-9-18-10-12;1-4-10(5-2)8(11)13-9(3)6-12-7-9;;/h1-4,6-7,12H,9-10H2;1-2,4-7H2,3H3;;/q-4;-2;2*+1. The smallest absolute Gasteiger partial charge is 0.911 e. The molecule has 1 amide bonds. The number of pyridine rings is 1. The fourth-order valence-corrected chi connectivity index (χ4v) is 2.44. The largest absolute Gasteiger partial charge is 1.00 e. The van der Waals surface area contributed by atoms with Crippen molar-refractivity contribution in [1.82, 2.24) is 9.88 Å². The number of hydrogen-bond donors (Lipinski definition) is 0. The van der Waals surface area contributed by atoms with Crippen LogP contribution in [0.15, 0.2) is 29.4 Å². The molecule has 0 saturated carbocycles. The Morgan fingerprint density at radius 2 is 2.06 bits per heavy atom. The summed E-state index contributed by atoms with van der Waals surface area (Å²) >= 11 is 0. The Hall–Kier alpha value is -1.85. The van der Waals surface area contributed by atoms with Crippen LogP contribution < -0.4 is 42.5 Å². The van der Waals surface area contributed by atoms with Crippen molar-refractivity contribution in [3.63, 3.8) is 0 Å². The fraction of sp³-hybridized carbons (Fsp3) is 0.391. The summed E-state index contributed by atoms with van der Waals surface area (Å²) < 4.78 is 20.8. The summed E-state index contributed by atoms with van der Waals surface area (Å²) in [6.07, 6.45) is 8.25. The van der Waals surface area contributed by atoms with Gasteiger partial charge in [0.1, 0.15) is 12.0 Å². The summed E-state index contributed by atoms with van der Waals surface area (Å²) in [6, 6.07) is 3.48. The maximum Gasteiger partial charge on any atom is 1.00 e. The summed E-state index contributed by atoms with van der Waals surface area (Å²) in [4.78, 5) is 20.6. The molecule has 3 heterocycles. The molecule has 3 rings (SSSR count). The van der Waals surface area contributed by atoms with Crippen LogP contribution in [0.4, 0.5) is 4.79 Å². The van der Waals surface area contributed by atoms with Gasteiger partial charge in [-0.2, -0.15) is 12.4 Å². The molecule has 0 atom stereocenters. The molecule has 174 valence electrons. The first-order valence-electron chi connectivity index (χ1n) is 9.89. The van der Waals surface area contributed by atoms with E-state index in [2.05, 4.69) is 36.2 Å². The normalized spacial score (nSPS) is 16.3. The minimum Gasteiger partial charge on any atom is -0.911 e. The van der Waals surface area contributed by atoms with Gasteiger partial charge in [-0.1, -0.05) is 6.07 Å². The molecular weight excluding hydrogens is 426 g/mol. The molecule has 0 bridgehead atoms. The molecule has 0 spiro atoms. The molecule has 11 heteroatoms. The number of hydrogen-bond acceptors (Lipinski definition) is 7. The topological polar surface area (TPSA) is 105 Å². The zero-order chi connectivity index (χ0) is 23.4. The second kappa shape index (κ2) is 16.7. The Bertz CT molecular complexity index is 838. The Labute approximate surface area is 225 Å². The molecule has 0 radical (unpaired) electrons. The van der Waals surface area contributed by atoms with Crippen molar-refractivity contribution in [1.29, 1.82) is 0 Å². The number of nitrogens with zero attached hydrogens (tertiary/aromatic N) is 4. The van der Waals surface area contributed by atoms with E-state index in [-0.39, 0.29) is 49.9 Å². The molecule has 0 aromatic carbocycles. The van der Waals surface area contributed by atoms with E-state index in [4.69, 9.17) is 25.5 Å². The monoisotopic (exact) mass is 452 g/mol. The van der Waals surface area contributed by atoms with Crippen molar-refractivity contribution in [2.24, 2.45) is 4.99 Å². The van der Waals surface area contributed by atoms with Crippen LogP contribution in [0.3, 0.4) is 0 Å². The second-order valence-electron chi connectivity index (χ2n) is 6.99. The van der Waals surface area contributed by atoms with Gasteiger partial charge in [-0.3, -0.25) is 5.57 Å².